The molecular weight excluding hydrogens is 619 g/mol. The molecule has 1 aromatic carbocycles. The Labute approximate surface area is 217 Å². The third-order valence-electron chi connectivity index (χ3n) is 6.03. The minimum Gasteiger partial charge on any atom is -0.340 e. The Morgan fingerprint density at radius 3 is 2.61 bits per heavy atom. The number of hydrogen-bond donors (Lipinski definition) is 2. The highest BCUT2D eigenvalue weighted by Crippen LogP contribution is 2.23. The summed E-state index contributed by atoms with van der Waals surface area (Å²) in [5, 5.41) is 3.44. The molecule has 0 radical (unpaired) electrons. The summed E-state index contributed by atoms with van der Waals surface area (Å²) in [6.07, 6.45) is 0.893. The first-order chi connectivity index (χ1) is 13.7. The standard InChI is InChI=1S/C19H25FN6OS.3BrH/c20-13-1-2-15-16(9-13)23-19(22-15)25-5-3-24(4-6-25)14-10-17(21-11-14)18(27)26-7-8-28-12-26;;;/h1-2,9,14,17,21H,3-8,10-12H2,(H,22,23);3*1H/t14-,17-;;;/m0.../s1. The maximum atomic E-state index is 13.4. The van der Waals surface area contributed by atoms with Crippen molar-refractivity contribution in [1.29, 1.82) is 0 Å². The van der Waals surface area contributed by atoms with E-state index in [0.29, 0.717) is 6.04 Å². The first-order valence-corrected chi connectivity index (χ1v) is 11.1. The van der Waals surface area contributed by atoms with E-state index in [1.54, 1.807) is 6.07 Å². The van der Waals surface area contributed by atoms with Crippen molar-refractivity contribution in [3.8, 4) is 0 Å². The summed E-state index contributed by atoms with van der Waals surface area (Å²) in [4.78, 5) is 27.1. The fourth-order valence-electron chi connectivity index (χ4n) is 4.41. The number of fused-ring (bicyclic) bond motifs is 1. The van der Waals surface area contributed by atoms with Crippen LogP contribution < -0.4 is 10.2 Å². The number of hydrogen-bond acceptors (Lipinski definition) is 6. The van der Waals surface area contributed by atoms with Crippen LogP contribution >= 0.6 is 62.7 Å². The number of thioether (sulfide) groups is 1. The van der Waals surface area contributed by atoms with Gasteiger partial charge in [0.1, 0.15) is 5.82 Å². The molecule has 4 heterocycles. The molecule has 3 fully saturated rings. The number of carbonyl (C=O) groups is 1. The Bertz CT molecular complexity index is 875. The molecule has 3 aliphatic heterocycles. The van der Waals surface area contributed by atoms with Crippen LogP contribution in [0.15, 0.2) is 18.2 Å². The zero-order valence-corrected chi connectivity index (χ0v) is 22.9. The number of piperazine rings is 1. The van der Waals surface area contributed by atoms with E-state index in [2.05, 4.69) is 25.1 Å². The van der Waals surface area contributed by atoms with Crippen molar-refractivity contribution in [3.05, 3.63) is 24.0 Å². The fraction of sp³-hybridized carbons (Fsp3) is 0.579. The zero-order valence-electron chi connectivity index (χ0n) is 17.0. The largest absolute Gasteiger partial charge is 0.340 e. The molecule has 31 heavy (non-hydrogen) atoms. The molecule has 3 saturated heterocycles. The van der Waals surface area contributed by atoms with E-state index in [-0.39, 0.29) is 68.7 Å². The maximum absolute atomic E-state index is 13.4. The molecule has 2 N–H and O–H groups in total. The Morgan fingerprint density at radius 2 is 1.90 bits per heavy atom. The van der Waals surface area contributed by atoms with Crippen LogP contribution in [-0.2, 0) is 4.79 Å². The molecule has 7 nitrogen and oxygen atoms in total. The van der Waals surface area contributed by atoms with Crippen LogP contribution in [0.3, 0.4) is 0 Å². The molecule has 2 aromatic rings. The monoisotopic (exact) mass is 644 g/mol. The number of aromatic amines is 1. The summed E-state index contributed by atoms with van der Waals surface area (Å²) in [6.45, 7) is 5.39. The van der Waals surface area contributed by atoms with Crippen molar-refractivity contribution >= 4 is 85.6 Å². The number of nitrogens with zero attached hydrogens (tertiary/aromatic N) is 4. The van der Waals surface area contributed by atoms with Crippen molar-refractivity contribution in [2.24, 2.45) is 0 Å². The molecular formula is C19H28Br3FN6OS. The normalized spacial score (nSPS) is 23.9. The second-order valence-electron chi connectivity index (χ2n) is 7.73. The number of H-pyrrole nitrogens is 1. The topological polar surface area (TPSA) is 67.5 Å². The van der Waals surface area contributed by atoms with Gasteiger partial charge in [0.2, 0.25) is 11.9 Å². The molecule has 0 saturated carbocycles. The van der Waals surface area contributed by atoms with Gasteiger partial charge < -0.3 is 20.1 Å². The minimum atomic E-state index is -0.252. The lowest BCUT2D eigenvalue weighted by Crippen LogP contribution is -2.51. The van der Waals surface area contributed by atoms with Crippen LogP contribution in [0.2, 0.25) is 0 Å². The Balaban J connectivity index is 0.00000114. The van der Waals surface area contributed by atoms with Crippen molar-refractivity contribution in [3.63, 3.8) is 0 Å². The molecule has 3 aliphatic rings. The van der Waals surface area contributed by atoms with Crippen LogP contribution in [0.4, 0.5) is 10.3 Å². The van der Waals surface area contributed by atoms with Crippen LogP contribution in [0.1, 0.15) is 6.42 Å². The Hall–Kier alpha value is -0.400. The molecule has 5 rings (SSSR count). The third kappa shape index (κ3) is 5.75. The number of aromatic nitrogens is 2. The summed E-state index contributed by atoms with van der Waals surface area (Å²) in [6, 6.07) is 5.02. The lowest BCUT2D eigenvalue weighted by atomic mass is 10.1. The summed E-state index contributed by atoms with van der Waals surface area (Å²) < 4.78 is 13.4. The van der Waals surface area contributed by atoms with E-state index < -0.39 is 0 Å². The van der Waals surface area contributed by atoms with Crippen LogP contribution in [0.5, 0.6) is 0 Å². The highest BCUT2D eigenvalue weighted by atomic mass is 79.9. The zero-order chi connectivity index (χ0) is 19.1. The molecule has 0 bridgehead atoms. The molecule has 174 valence electrons. The highest BCUT2D eigenvalue weighted by Gasteiger charge is 2.36. The number of halogens is 4. The van der Waals surface area contributed by atoms with Crippen LogP contribution in [0, 0.1) is 5.82 Å². The number of anilines is 1. The summed E-state index contributed by atoms with van der Waals surface area (Å²) in [5.74, 6) is 2.71. The average Bonchev–Trinajstić information content (AvgIpc) is 3.47. The lowest BCUT2D eigenvalue weighted by molar-refractivity contribution is -0.131. The van der Waals surface area contributed by atoms with Crippen LogP contribution in [0.25, 0.3) is 11.0 Å². The SMILES string of the molecule is Br.Br.Br.O=C([C@@H]1C[C@H](N2CCN(c3nc4ccc(F)cc4[nH]3)CC2)CN1)N1CCSC1. The predicted octanol–water partition coefficient (Wildman–Crippen LogP) is 2.82. The number of amides is 1. The number of imidazole rings is 1. The van der Waals surface area contributed by atoms with Gasteiger partial charge in [-0.1, -0.05) is 0 Å². The minimum absolute atomic E-state index is 0. The molecule has 12 heteroatoms. The lowest BCUT2D eigenvalue weighted by Gasteiger charge is -2.37. The van der Waals surface area contributed by atoms with E-state index in [4.69, 9.17) is 0 Å². The van der Waals surface area contributed by atoms with Crippen molar-refractivity contribution in [2.75, 3.05) is 55.8 Å². The molecule has 0 aliphatic carbocycles. The van der Waals surface area contributed by atoms with E-state index in [1.807, 2.05) is 16.7 Å². The van der Waals surface area contributed by atoms with Gasteiger partial charge in [0, 0.05) is 51.1 Å². The second-order valence-corrected chi connectivity index (χ2v) is 8.81. The van der Waals surface area contributed by atoms with Gasteiger partial charge in [-0.2, -0.15) is 0 Å². The molecule has 0 unspecified atom stereocenters. The van der Waals surface area contributed by atoms with E-state index in [0.717, 1.165) is 74.3 Å². The van der Waals surface area contributed by atoms with Crippen molar-refractivity contribution in [1.82, 2.24) is 25.1 Å². The number of rotatable bonds is 3. The second kappa shape index (κ2) is 11.6. The van der Waals surface area contributed by atoms with E-state index in [9.17, 15) is 9.18 Å². The molecule has 2 atom stereocenters. The summed E-state index contributed by atoms with van der Waals surface area (Å²) >= 11 is 1.83. The van der Waals surface area contributed by atoms with E-state index >= 15 is 0 Å². The van der Waals surface area contributed by atoms with Gasteiger partial charge in [-0.05, 0) is 24.6 Å². The van der Waals surface area contributed by atoms with Gasteiger partial charge in [0.25, 0.3) is 0 Å². The van der Waals surface area contributed by atoms with Gasteiger partial charge in [-0.25, -0.2) is 9.37 Å². The van der Waals surface area contributed by atoms with Crippen molar-refractivity contribution in [2.45, 2.75) is 18.5 Å². The maximum Gasteiger partial charge on any atom is 0.240 e. The number of nitrogens with one attached hydrogen (secondary N) is 2. The number of benzene rings is 1. The molecule has 1 aromatic heterocycles. The highest BCUT2D eigenvalue weighted by molar-refractivity contribution is 8.93. The fourth-order valence-corrected chi connectivity index (χ4v) is 5.36. The summed E-state index contributed by atoms with van der Waals surface area (Å²) in [5.41, 5.74) is 1.53. The predicted molar refractivity (Wildman–Crippen MR) is 140 cm³/mol. The van der Waals surface area contributed by atoms with Gasteiger partial charge >= 0.3 is 0 Å². The third-order valence-corrected chi connectivity index (χ3v) is 7.00. The smallest absolute Gasteiger partial charge is 0.240 e. The van der Waals surface area contributed by atoms with Crippen molar-refractivity contribution < 1.29 is 9.18 Å². The Morgan fingerprint density at radius 1 is 1.13 bits per heavy atom. The molecule has 1 amide bonds. The summed E-state index contributed by atoms with van der Waals surface area (Å²) in [7, 11) is 0. The van der Waals surface area contributed by atoms with Gasteiger partial charge in [0.15, 0.2) is 0 Å². The van der Waals surface area contributed by atoms with Crippen LogP contribution in [-0.4, -0.2) is 88.7 Å². The Kier molecular flexibility index (Phi) is 10.1. The average molecular weight is 647 g/mol. The molecule has 0 spiro atoms. The number of carbonyl (C=O) groups excluding carboxylic acids is 1. The first kappa shape index (κ1) is 26.8. The van der Waals surface area contributed by atoms with Gasteiger partial charge in [-0.3, -0.25) is 9.69 Å². The van der Waals surface area contributed by atoms with Gasteiger partial charge in [0.05, 0.1) is 23.0 Å². The quantitative estimate of drug-likeness (QED) is 0.535. The van der Waals surface area contributed by atoms with Gasteiger partial charge in [-0.15, -0.1) is 62.7 Å². The van der Waals surface area contributed by atoms with E-state index in [1.165, 1.54) is 12.1 Å². The first-order valence-electron chi connectivity index (χ1n) is 9.91.